The van der Waals surface area contributed by atoms with Gasteiger partial charge in [0.25, 0.3) is 0 Å². The number of para-hydroxylation sites is 1. The van der Waals surface area contributed by atoms with Crippen LogP contribution in [0.1, 0.15) is 12.8 Å². The molecule has 2 amide bonds. The van der Waals surface area contributed by atoms with Crippen LogP contribution in [-0.4, -0.2) is 35.2 Å². The number of nitrogens with one attached hydrogen (secondary N) is 1. The summed E-state index contributed by atoms with van der Waals surface area (Å²) < 4.78 is 0. The Labute approximate surface area is 111 Å². The van der Waals surface area contributed by atoms with E-state index in [-0.39, 0.29) is 17.7 Å². The van der Waals surface area contributed by atoms with Crippen molar-refractivity contribution < 1.29 is 9.59 Å². The molecule has 96 valence electrons. The number of halogens is 1. The smallest absolute Gasteiger partial charge is 0.247 e. The van der Waals surface area contributed by atoms with Gasteiger partial charge in [-0.15, -0.1) is 11.6 Å². The maximum absolute atomic E-state index is 12.1. The van der Waals surface area contributed by atoms with Crippen molar-refractivity contribution in [3.05, 3.63) is 30.3 Å². The number of carbonyl (C=O) groups is 2. The Morgan fingerprint density at radius 3 is 2.72 bits per heavy atom. The Kier molecular flexibility index (Phi) is 4.20. The van der Waals surface area contributed by atoms with E-state index in [1.165, 1.54) is 0 Å². The topological polar surface area (TPSA) is 49.4 Å². The maximum atomic E-state index is 12.1. The van der Waals surface area contributed by atoms with Crippen LogP contribution < -0.4 is 5.32 Å². The number of hydrogen-bond acceptors (Lipinski definition) is 2. The van der Waals surface area contributed by atoms with Crippen molar-refractivity contribution in [1.82, 2.24) is 4.90 Å². The number of rotatable bonds is 3. The van der Waals surface area contributed by atoms with E-state index in [4.69, 9.17) is 11.6 Å². The highest BCUT2D eigenvalue weighted by atomic mass is 35.5. The lowest BCUT2D eigenvalue weighted by Gasteiger charge is -2.23. The lowest BCUT2D eigenvalue weighted by atomic mass is 10.2. The first-order valence-corrected chi connectivity index (χ1v) is 6.47. The molecule has 0 saturated carbocycles. The lowest BCUT2D eigenvalue weighted by molar-refractivity contribution is -0.134. The van der Waals surface area contributed by atoms with Gasteiger partial charge >= 0.3 is 0 Å². The van der Waals surface area contributed by atoms with Crippen molar-refractivity contribution in [3.8, 4) is 0 Å². The average molecular weight is 267 g/mol. The summed E-state index contributed by atoms with van der Waals surface area (Å²) in [5, 5.41) is 2.82. The summed E-state index contributed by atoms with van der Waals surface area (Å²) in [6, 6.07) is 8.84. The molecule has 1 heterocycles. The van der Waals surface area contributed by atoms with E-state index in [1.54, 1.807) is 4.90 Å². The fourth-order valence-electron chi connectivity index (χ4n) is 2.16. The summed E-state index contributed by atoms with van der Waals surface area (Å²) in [7, 11) is 0. The fraction of sp³-hybridized carbons (Fsp3) is 0.385. The highest BCUT2D eigenvalue weighted by molar-refractivity contribution is 6.27. The molecule has 1 fully saturated rings. The summed E-state index contributed by atoms with van der Waals surface area (Å²) in [5.74, 6) is -0.394. The van der Waals surface area contributed by atoms with Crippen molar-refractivity contribution in [1.29, 1.82) is 0 Å². The predicted molar refractivity (Wildman–Crippen MR) is 70.5 cm³/mol. The van der Waals surface area contributed by atoms with Crippen LogP contribution in [0.25, 0.3) is 0 Å². The number of amides is 2. The molecular formula is C13H15ClN2O2. The molecule has 5 heteroatoms. The van der Waals surface area contributed by atoms with Gasteiger partial charge in [0.1, 0.15) is 11.9 Å². The summed E-state index contributed by atoms with van der Waals surface area (Å²) in [4.78, 5) is 25.3. The summed E-state index contributed by atoms with van der Waals surface area (Å²) >= 11 is 5.54. The third-order valence-electron chi connectivity index (χ3n) is 3.03. The zero-order valence-corrected chi connectivity index (χ0v) is 10.7. The van der Waals surface area contributed by atoms with E-state index in [0.717, 1.165) is 12.1 Å². The van der Waals surface area contributed by atoms with Crippen LogP contribution in [0.3, 0.4) is 0 Å². The molecule has 1 aromatic rings. The minimum Gasteiger partial charge on any atom is -0.330 e. The largest absolute Gasteiger partial charge is 0.330 e. The van der Waals surface area contributed by atoms with E-state index in [1.807, 2.05) is 30.3 Å². The molecule has 1 N–H and O–H groups in total. The van der Waals surface area contributed by atoms with Gasteiger partial charge in [-0.1, -0.05) is 18.2 Å². The fourth-order valence-corrected chi connectivity index (χ4v) is 2.32. The molecule has 1 saturated heterocycles. The number of likely N-dealkylation sites (tertiary alicyclic amines) is 1. The second-order valence-corrected chi connectivity index (χ2v) is 4.50. The Morgan fingerprint density at radius 2 is 2.06 bits per heavy atom. The van der Waals surface area contributed by atoms with Crippen molar-refractivity contribution in [2.75, 3.05) is 17.7 Å². The highest BCUT2D eigenvalue weighted by Crippen LogP contribution is 2.19. The summed E-state index contributed by atoms with van der Waals surface area (Å²) in [6.07, 6.45) is 1.54. The molecule has 0 spiro atoms. The van der Waals surface area contributed by atoms with Crippen molar-refractivity contribution in [2.24, 2.45) is 0 Å². The van der Waals surface area contributed by atoms with Crippen molar-refractivity contribution in [3.63, 3.8) is 0 Å². The zero-order chi connectivity index (χ0) is 13.0. The molecular weight excluding hydrogens is 252 g/mol. The number of carbonyl (C=O) groups excluding carboxylic acids is 2. The quantitative estimate of drug-likeness (QED) is 0.849. The minimum absolute atomic E-state index is 0.0743. The van der Waals surface area contributed by atoms with E-state index in [2.05, 4.69) is 5.32 Å². The third kappa shape index (κ3) is 2.82. The van der Waals surface area contributed by atoms with Crippen LogP contribution in [0.4, 0.5) is 5.69 Å². The number of nitrogens with zero attached hydrogens (tertiary/aromatic N) is 1. The molecule has 1 atom stereocenters. The maximum Gasteiger partial charge on any atom is 0.247 e. The first-order valence-electron chi connectivity index (χ1n) is 5.93. The number of benzene rings is 1. The van der Waals surface area contributed by atoms with Crippen LogP contribution >= 0.6 is 11.6 Å². The SMILES string of the molecule is O=C(Nc1ccccc1)[C@@H]1CCCN1C(=O)CCl. The number of anilines is 1. The molecule has 0 unspecified atom stereocenters. The molecule has 0 aliphatic carbocycles. The Bertz CT molecular complexity index is 436. The highest BCUT2D eigenvalue weighted by Gasteiger charge is 2.33. The van der Waals surface area contributed by atoms with Crippen LogP contribution in [0.2, 0.25) is 0 Å². The van der Waals surface area contributed by atoms with Crippen LogP contribution in [0, 0.1) is 0 Å². The van der Waals surface area contributed by atoms with Gasteiger partial charge in [-0.3, -0.25) is 9.59 Å². The van der Waals surface area contributed by atoms with Crippen LogP contribution in [0.15, 0.2) is 30.3 Å². The first kappa shape index (κ1) is 12.9. The molecule has 2 rings (SSSR count). The molecule has 1 aliphatic heterocycles. The van der Waals surface area contributed by atoms with Crippen molar-refractivity contribution >= 4 is 29.1 Å². The number of hydrogen-bond donors (Lipinski definition) is 1. The van der Waals surface area contributed by atoms with Gasteiger partial charge in [-0.25, -0.2) is 0 Å². The van der Waals surface area contributed by atoms with E-state index >= 15 is 0 Å². The van der Waals surface area contributed by atoms with Gasteiger partial charge in [-0.05, 0) is 25.0 Å². The molecule has 18 heavy (non-hydrogen) atoms. The number of alkyl halides is 1. The monoisotopic (exact) mass is 266 g/mol. The van der Waals surface area contributed by atoms with Gasteiger partial charge in [0, 0.05) is 12.2 Å². The molecule has 4 nitrogen and oxygen atoms in total. The van der Waals surface area contributed by atoms with Gasteiger partial charge in [0.2, 0.25) is 11.8 Å². The van der Waals surface area contributed by atoms with Gasteiger partial charge < -0.3 is 10.2 Å². The summed E-state index contributed by atoms with van der Waals surface area (Å²) in [6.45, 7) is 0.610. The second kappa shape index (κ2) is 5.87. The van der Waals surface area contributed by atoms with Gasteiger partial charge in [-0.2, -0.15) is 0 Å². The zero-order valence-electron chi connectivity index (χ0n) is 9.93. The molecule has 0 radical (unpaired) electrons. The molecule has 1 aromatic carbocycles. The average Bonchev–Trinajstić information content (AvgIpc) is 2.88. The Balaban J connectivity index is 2.02. The Morgan fingerprint density at radius 1 is 1.33 bits per heavy atom. The van der Waals surface area contributed by atoms with Crippen LogP contribution in [-0.2, 0) is 9.59 Å². The standard InChI is InChI=1S/C13H15ClN2O2/c14-9-12(17)16-8-4-7-11(16)13(18)15-10-5-2-1-3-6-10/h1-3,5-6,11H,4,7-9H2,(H,15,18)/t11-/m0/s1. The predicted octanol–water partition coefficient (Wildman–Crippen LogP) is 1.85. The lowest BCUT2D eigenvalue weighted by Crippen LogP contribution is -2.43. The van der Waals surface area contributed by atoms with Crippen molar-refractivity contribution in [2.45, 2.75) is 18.9 Å². The third-order valence-corrected chi connectivity index (χ3v) is 3.26. The minimum atomic E-state index is -0.392. The molecule has 0 aromatic heterocycles. The summed E-state index contributed by atoms with van der Waals surface area (Å²) in [5.41, 5.74) is 0.743. The van der Waals surface area contributed by atoms with E-state index in [9.17, 15) is 9.59 Å². The second-order valence-electron chi connectivity index (χ2n) is 4.23. The first-order chi connectivity index (χ1) is 8.72. The van der Waals surface area contributed by atoms with E-state index < -0.39 is 6.04 Å². The van der Waals surface area contributed by atoms with Gasteiger partial charge in [0.15, 0.2) is 0 Å². The van der Waals surface area contributed by atoms with Gasteiger partial charge in [0.05, 0.1) is 0 Å². The molecule has 0 bridgehead atoms. The Hall–Kier alpha value is -1.55. The van der Waals surface area contributed by atoms with E-state index in [0.29, 0.717) is 13.0 Å². The normalized spacial score (nSPS) is 18.7. The molecule has 1 aliphatic rings. The van der Waals surface area contributed by atoms with Crippen LogP contribution in [0.5, 0.6) is 0 Å².